The molecule has 0 aliphatic carbocycles. The van der Waals surface area contributed by atoms with Crippen LogP contribution in [0.15, 0.2) is 33.6 Å². The molecule has 2 heterocycles. The van der Waals surface area contributed by atoms with Crippen molar-refractivity contribution in [1.29, 1.82) is 0 Å². The molecule has 0 radical (unpaired) electrons. The van der Waals surface area contributed by atoms with Crippen molar-refractivity contribution in [3.05, 3.63) is 24.3 Å². The number of aromatic nitrogens is 2. The van der Waals surface area contributed by atoms with Crippen molar-refractivity contribution in [2.75, 3.05) is 17.6 Å². The summed E-state index contributed by atoms with van der Waals surface area (Å²) in [7, 11) is -3.31. The molecule has 0 unspecified atom stereocenters. The second-order valence-corrected chi connectivity index (χ2v) is 8.04. The fourth-order valence-corrected chi connectivity index (χ4v) is 3.35. The van der Waals surface area contributed by atoms with Gasteiger partial charge in [-0.15, -0.1) is 5.10 Å². The highest BCUT2D eigenvalue weighted by molar-refractivity contribution is 7.91. The predicted molar refractivity (Wildman–Crippen MR) is 92.0 cm³/mol. The molecule has 3 rings (SSSR count). The normalized spacial score (nSPS) is 14.6. The van der Waals surface area contributed by atoms with Gasteiger partial charge >= 0.3 is 6.01 Å². The molecule has 2 aromatic rings. The minimum atomic E-state index is -3.31. The van der Waals surface area contributed by atoms with E-state index in [1.807, 2.05) is 0 Å². The van der Waals surface area contributed by atoms with Crippen LogP contribution in [0, 0.1) is 0 Å². The van der Waals surface area contributed by atoms with E-state index >= 15 is 0 Å². The van der Waals surface area contributed by atoms with Crippen LogP contribution in [-0.2, 0) is 24.2 Å². The van der Waals surface area contributed by atoms with Gasteiger partial charge in [0.05, 0.1) is 10.6 Å². The summed E-state index contributed by atoms with van der Waals surface area (Å²) < 4.78 is 28.9. The Bertz CT molecular complexity index is 980. The van der Waals surface area contributed by atoms with Gasteiger partial charge in [-0.25, -0.2) is 8.42 Å². The Morgan fingerprint density at radius 2 is 1.78 bits per heavy atom. The van der Waals surface area contributed by atoms with E-state index in [9.17, 15) is 22.8 Å². The zero-order valence-electron chi connectivity index (χ0n) is 14.3. The van der Waals surface area contributed by atoms with Gasteiger partial charge in [-0.1, -0.05) is 12.0 Å². The molecule has 1 aliphatic rings. The topological polar surface area (TPSA) is 140 Å². The van der Waals surface area contributed by atoms with Gasteiger partial charge in [0.25, 0.3) is 0 Å². The van der Waals surface area contributed by atoms with Crippen molar-refractivity contribution in [2.24, 2.45) is 0 Å². The van der Waals surface area contributed by atoms with Crippen LogP contribution in [0.4, 0.5) is 6.01 Å². The van der Waals surface area contributed by atoms with Crippen LogP contribution in [0.2, 0.25) is 0 Å². The minimum Gasteiger partial charge on any atom is -0.403 e. The predicted octanol–water partition coefficient (Wildman–Crippen LogP) is 0.618. The summed E-state index contributed by atoms with van der Waals surface area (Å²) in [5.41, 5.74) is 0.475. The lowest BCUT2D eigenvalue weighted by Crippen LogP contribution is -2.36. The molecule has 27 heavy (non-hydrogen) atoms. The molecule has 10 nitrogen and oxygen atoms in total. The van der Waals surface area contributed by atoms with Gasteiger partial charge in [-0.2, -0.15) is 0 Å². The lowest BCUT2D eigenvalue weighted by atomic mass is 10.2. The molecule has 3 amide bonds. The largest absolute Gasteiger partial charge is 0.403 e. The molecule has 1 N–H and O–H groups in total. The molecular weight excluding hydrogens is 376 g/mol. The summed E-state index contributed by atoms with van der Waals surface area (Å²) in [6.45, 7) is 1.14. The van der Waals surface area contributed by atoms with Crippen molar-refractivity contribution in [3.63, 3.8) is 0 Å². The van der Waals surface area contributed by atoms with Gasteiger partial charge in [0.15, 0.2) is 9.84 Å². The Kier molecular flexibility index (Phi) is 5.04. The first-order valence-electron chi connectivity index (χ1n) is 8.10. The Morgan fingerprint density at radius 3 is 2.37 bits per heavy atom. The molecule has 1 fully saturated rings. The number of sulfone groups is 1. The number of imide groups is 1. The molecule has 1 aliphatic heterocycles. The molecule has 1 aromatic carbocycles. The maximum atomic E-state index is 11.9. The number of nitrogens with zero attached hydrogens (tertiary/aromatic N) is 3. The Hall–Kier alpha value is -3.08. The van der Waals surface area contributed by atoms with Gasteiger partial charge in [0.1, 0.15) is 6.54 Å². The monoisotopic (exact) mass is 392 g/mol. The number of amides is 3. The Balaban J connectivity index is 1.67. The highest BCUT2D eigenvalue weighted by Gasteiger charge is 2.30. The van der Waals surface area contributed by atoms with Gasteiger partial charge in [0, 0.05) is 18.4 Å². The van der Waals surface area contributed by atoms with Crippen molar-refractivity contribution in [2.45, 2.75) is 24.7 Å². The molecule has 0 spiro atoms. The molecule has 11 heteroatoms. The second kappa shape index (κ2) is 7.27. The second-order valence-electron chi connectivity index (χ2n) is 5.76. The van der Waals surface area contributed by atoms with Crippen molar-refractivity contribution >= 4 is 33.6 Å². The van der Waals surface area contributed by atoms with E-state index in [1.54, 1.807) is 6.92 Å². The average Bonchev–Trinajstić information content (AvgIpc) is 3.23. The van der Waals surface area contributed by atoms with Gasteiger partial charge in [-0.05, 0) is 24.3 Å². The van der Waals surface area contributed by atoms with Crippen molar-refractivity contribution in [3.8, 4) is 11.5 Å². The SMILES string of the molecule is CCS(=O)(=O)c1ccc(-c2nnc(NC(=O)CN3C(=O)CCC3=O)o2)cc1. The van der Waals surface area contributed by atoms with Crippen LogP contribution in [0.3, 0.4) is 0 Å². The fraction of sp³-hybridized carbons (Fsp3) is 0.312. The molecular formula is C16H16N4O6S. The van der Waals surface area contributed by atoms with Gasteiger partial charge in [-0.3, -0.25) is 24.6 Å². The van der Waals surface area contributed by atoms with E-state index in [0.29, 0.717) is 5.56 Å². The summed E-state index contributed by atoms with van der Waals surface area (Å²) in [4.78, 5) is 36.0. The van der Waals surface area contributed by atoms with E-state index in [1.165, 1.54) is 24.3 Å². The maximum Gasteiger partial charge on any atom is 0.322 e. The molecule has 1 aromatic heterocycles. The van der Waals surface area contributed by atoms with Crippen LogP contribution >= 0.6 is 0 Å². The number of rotatable bonds is 6. The number of carbonyl (C=O) groups excluding carboxylic acids is 3. The van der Waals surface area contributed by atoms with Crippen LogP contribution in [-0.4, -0.2) is 53.5 Å². The number of anilines is 1. The molecule has 0 atom stereocenters. The quantitative estimate of drug-likeness (QED) is 0.706. The summed E-state index contributed by atoms with van der Waals surface area (Å²) in [6.07, 6.45) is 0.196. The van der Waals surface area contributed by atoms with Crippen LogP contribution in [0.5, 0.6) is 0 Å². The van der Waals surface area contributed by atoms with Gasteiger partial charge in [0.2, 0.25) is 23.6 Å². The summed E-state index contributed by atoms with van der Waals surface area (Å²) in [5.74, 6) is -1.37. The highest BCUT2D eigenvalue weighted by Crippen LogP contribution is 2.22. The highest BCUT2D eigenvalue weighted by atomic mass is 32.2. The standard InChI is InChI=1S/C16H16N4O6S/c1-2-27(24,25)11-5-3-10(4-6-11)15-18-19-16(26-15)17-12(21)9-20-13(22)7-8-14(20)23/h3-6H,2,7-9H2,1H3,(H,17,19,21). The van der Waals surface area contributed by atoms with Crippen molar-refractivity contribution in [1.82, 2.24) is 15.1 Å². The molecule has 142 valence electrons. The van der Waals surface area contributed by atoms with Gasteiger partial charge < -0.3 is 4.42 Å². The number of hydrogen-bond donors (Lipinski definition) is 1. The van der Waals surface area contributed by atoms with E-state index in [2.05, 4.69) is 15.5 Å². The molecule has 0 bridgehead atoms. The van der Waals surface area contributed by atoms with E-state index in [4.69, 9.17) is 4.42 Å². The average molecular weight is 392 g/mol. The number of benzene rings is 1. The van der Waals surface area contributed by atoms with Crippen LogP contribution < -0.4 is 5.32 Å². The number of nitrogens with one attached hydrogen (secondary N) is 1. The first kappa shape index (κ1) is 18.7. The Morgan fingerprint density at radius 1 is 1.15 bits per heavy atom. The molecule has 0 saturated carbocycles. The minimum absolute atomic E-state index is 0.00882. The first-order valence-corrected chi connectivity index (χ1v) is 9.75. The smallest absolute Gasteiger partial charge is 0.322 e. The third-order valence-corrected chi connectivity index (χ3v) is 5.72. The summed E-state index contributed by atoms with van der Waals surface area (Å²) in [5, 5.41) is 9.79. The third-order valence-electron chi connectivity index (χ3n) is 3.97. The maximum absolute atomic E-state index is 11.9. The zero-order chi connectivity index (χ0) is 19.6. The van der Waals surface area contributed by atoms with E-state index in [0.717, 1.165) is 4.90 Å². The van der Waals surface area contributed by atoms with E-state index in [-0.39, 0.29) is 35.4 Å². The Labute approximate surface area is 154 Å². The number of carbonyl (C=O) groups is 3. The summed E-state index contributed by atoms with van der Waals surface area (Å²) >= 11 is 0. The zero-order valence-corrected chi connectivity index (χ0v) is 15.2. The van der Waals surface area contributed by atoms with Crippen LogP contribution in [0.25, 0.3) is 11.5 Å². The lowest BCUT2D eigenvalue weighted by molar-refractivity contribution is -0.141. The third kappa shape index (κ3) is 4.03. The number of hydrogen-bond acceptors (Lipinski definition) is 8. The first-order chi connectivity index (χ1) is 12.8. The fourth-order valence-electron chi connectivity index (χ4n) is 2.46. The summed E-state index contributed by atoms with van der Waals surface area (Å²) in [6, 6.07) is 5.70. The van der Waals surface area contributed by atoms with Crippen LogP contribution in [0.1, 0.15) is 19.8 Å². The lowest BCUT2D eigenvalue weighted by Gasteiger charge is -2.11. The molecule has 1 saturated heterocycles. The number of likely N-dealkylation sites (tertiary alicyclic amines) is 1. The van der Waals surface area contributed by atoms with E-state index < -0.39 is 34.1 Å². The van der Waals surface area contributed by atoms with Crippen molar-refractivity contribution < 1.29 is 27.2 Å².